The number of nitrogens with one attached hydrogen (secondary N) is 1. The van der Waals surface area contributed by atoms with Gasteiger partial charge in [-0.25, -0.2) is 8.78 Å². The number of ether oxygens (including phenoxy) is 2. The summed E-state index contributed by atoms with van der Waals surface area (Å²) in [5, 5.41) is 3.10. The van der Waals surface area contributed by atoms with Crippen LogP contribution >= 0.6 is 0 Å². The zero-order chi connectivity index (χ0) is 15.9. The van der Waals surface area contributed by atoms with Crippen LogP contribution in [0.15, 0.2) is 18.2 Å². The van der Waals surface area contributed by atoms with E-state index in [4.69, 9.17) is 9.47 Å². The van der Waals surface area contributed by atoms with Crippen molar-refractivity contribution < 1.29 is 23.0 Å². The molecule has 0 aliphatic carbocycles. The second-order valence-corrected chi connectivity index (χ2v) is 4.92. The minimum Gasteiger partial charge on any atom is -0.490 e. The molecule has 0 radical (unpaired) electrons. The molecule has 0 amide bonds. The van der Waals surface area contributed by atoms with Gasteiger partial charge in [-0.2, -0.15) is 0 Å². The highest BCUT2D eigenvalue weighted by Crippen LogP contribution is 2.19. The van der Waals surface area contributed by atoms with Crippen molar-refractivity contribution in [3.63, 3.8) is 0 Å². The smallest absolute Gasteiger partial charge is 0.325 e. The van der Waals surface area contributed by atoms with Gasteiger partial charge in [-0.05, 0) is 32.0 Å². The zero-order valence-electron chi connectivity index (χ0n) is 12.5. The second-order valence-electron chi connectivity index (χ2n) is 4.92. The van der Waals surface area contributed by atoms with Crippen molar-refractivity contribution in [3.05, 3.63) is 29.8 Å². The summed E-state index contributed by atoms with van der Waals surface area (Å²) in [6.07, 6.45) is 1.16. The van der Waals surface area contributed by atoms with Gasteiger partial charge in [-0.3, -0.25) is 4.79 Å². The van der Waals surface area contributed by atoms with Crippen molar-refractivity contribution in [2.45, 2.75) is 32.2 Å². The normalized spacial score (nSPS) is 13.6. The Labute approximate surface area is 123 Å². The first-order valence-electron chi connectivity index (χ1n) is 6.84. The lowest BCUT2D eigenvalue weighted by Gasteiger charge is -2.27. The van der Waals surface area contributed by atoms with Gasteiger partial charge in [0.05, 0.1) is 13.7 Å². The van der Waals surface area contributed by atoms with E-state index in [0.29, 0.717) is 13.0 Å². The highest BCUT2D eigenvalue weighted by molar-refractivity contribution is 5.80. The monoisotopic (exact) mass is 301 g/mol. The van der Waals surface area contributed by atoms with Crippen LogP contribution in [0, 0.1) is 11.6 Å². The molecular weight excluding hydrogens is 280 g/mol. The molecule has 1 N–H and O–H groups in total. The van der Waals surface area contributed by atoms with Crippen LogP contribution in [0.3, 0.4) is 0 Å². The lowest BCUT2D eigenvalue weighted by molar-refractivity contribution is -0.148. The molecule has 0 spiro atoms. The van der Waals surface area contributed by atoms with Crippen LogP contribution < -0.4 is 10.1 Å². The van der Waals surface area contributed by atoms with Gasteiger partial charge in [0, 0.05) is 12.5 Å². The molecule has 6 heteroatoms. The summed E-state index contributed by atoms with van der Waals surface area (Å²) in [6, 6.07) is 3.09. The Hall–Kier alpha value is -1.69. The molecule has 1 aromatic rings. The third-order valence-corrected chi connectivity index (χ3v) is 3.15. The topological polar surface area (TPSA) is 47.6 Å². The van der Waals surface area contributed by atoms with E-state index in [9.17, 15) is 13.6 Å². The highest BCUT2D eigenvalue weighted by Gasteiger charge is 2.33. The maximum Gasteiger partial charge on any atom is 0.325 e. The number of halogens is 2. The number of rotatable bonds is 8. The molecule has 118 valence electrons. The largest absolute Gasteiger partial charge is 0.490 e. The molecule has 1 aromatic carbocycles. The Kier molecular flexibility index (Phi) is 6.55. The molecule has 1 rings (SSSR count). The van der Waals surface area contributed by atoms with E-state index in [1.807, 2.05) is 6.92 Å². The van der Waals surface area contributed by atoms with Crippen molar-refractivity contribution in [2.24, 2.45) is 0 Å². The first-order valence-corrected chi connectivity index (χ1v) is 6.84. The van der Waals surface area contributed by atoms with E-state index in [-0.39, 0.29) is 12.4 Å². The first kappa shape index (κ1) is 17.4. The van der Waals surface area contributed by atoms with E-state index in [1.54, 1.807) is 6.92 Å². The van der Waals surface area contributed by atoms with Crippen molar-refractivity contribution >= 4 is 5.97 Å². The standard InChI is InChI=1S/C15H21F2NO3/c1-4-8-18-15(2,14(19)20-3)7-9-21-13-6-5-11(16)10-12(13)17/h5-6,10,18H,4,7-9H2,1-3H3. The van der Waals surface area contributed by atoms with E-state index in [0.717, 1.165) is 18.6 Å². The minimum absolute atomic E-state index is 0.0425. The molecule has 1 unspecified atom stereocenters. The quantitative estimate of drug-likeness (QED) is 0.750. The second kappa shape index (κ2) is 7.93. The van der Waals surface area contributed by atoms with Crippen LogP contribution in [0.5, 0.6) is 5.75 Å². The Morgan fingerprint density at radius 3 is 2.67 bits per heavy atom. The summed E-state index contributed by atoms with van der Waals surface area (Å²) in [5.74, 6) is -1.88. The van der Waals surface area contributed by atoms with Crippen LogP contribution in [0.4, 0.5) is 8.78 Å². The summed E-state index contributed by atoms with van der Waals surface area (Å²) in [4.78, 5) is 11.8. The van der Waals surface area contributed by atoms with Crippen molar-refractivity contribution in [2.75, 3.05) is 20.3 Å². The number of hydrogen-bond acceptors (Lipinski definition) is 4. The van der Waals surface area contributed by atoms with Gasteiger partial charge in [0.25, 0.3) is 0 Å². The average molecular weight is 301 g/mol. The molecule has 0 aromatic heterocycles. The van der Waals surface area contributed by atoms with Gasteiger partial charge in [-0.1, -0.05) is 6.92 Å². The number of methoxy groups -OCH3 is 1. The Morgan fingerprint density at radius 2 is 2.10 bits per heavy atom. The third kappa shape index (κ3) is 4.97. The summed E-state index contributed by atoms with van der Waals surface area (Å²) >= 11 is 0. The molecule has 0 bridgehead atoms. The number of benzene rings is 1. The van der Waals surface area contributed by atoms with Crippen LogP contribution in [-0.4, -0.2) is 31.8 Å². The minimum atomic E-state index is -0.902. The summed E-state index contributed by atoms with van der Waals surface area (Å²) < 4.78 is 36.3. The van der Waals surface area contributed by atoms with E-state index < -0.39 is 23.1 Å². The van der Waals surface area contributed by atoms with Gasteiger partial charge < -0.3 is 14.8 Å². The summed E-state index contributed by atoms with van der Waals surface area (Å²) in [7, 11) is 1.31. The highest BCUT2D eigenvalue weighted by atomic mass is 19.1. The molecule has 0 aliphatic heterocycles. The number of esters is 1. The molecule has 0 heterocycles. The Balaban J connectivity index is 2.62. The molecule has 0 aliphatic rings. The number of hydrogen-bond donors (Lipinski definition) is 1. The molecule has 0 saturated heterocycles. The fourth-order valence-electron chi connectivity index (χ4n) is 1.85. The molecule has 1 atom stereocenters. The lowest BCUT2D eigenvalue weighted by atomic mass is 9.98. The molecule has 4 nitrogen and oxygen atoms in total. The first-order chi connectivity index (χ1) is 9.92. The van der Waals surface area contributed by atoms with Crippen molar-refractivity contribution in [3.8, 4) is 5.75 Å². The Bertz CT molecular complexity index is 482. The fourth-order valence-corrected chi connectivity index (χ4v) is 1.85. The fraction of sp³-hybridized carbons (Fsp3) is 0.533. The van der Waals surface area contributed by atoms with Crippen LogP contribution in [0.25, 0.3) is 0 Å². The van der Waals surface area contributed by atoms with Crippen LogP contribution in [0.2, 0.25) is 0 Å². The van der Waals surface area contributed by atoms with E-state index >= 15 is 0 Å². The number of carbonyl (C=O) groups is 1. The zero-order valence-corrected chi connectivity index (χ0v) is 12.5. The molecule has 0 fully saturated rings. The van der Waals surface area contributed by atoms with Crippen molar-refractivity contribution in [1.82, 2.24) is 5.32 Å². The predicted octanol–water partition coefficient (Wildman–Crippen LogP) is 2.67. The summed E-state index contributed by atoms with van der Waals surface area (Å²) in [6.45, 7) is 4.44. The molecule has 21 heavy (non-hydrogen) atoms. The van der Waals surface area contributed by atoms with E-state index in [2.05, 4.69) is 5.32 Å². The van der Waals surface area contributed by atoms with Crippen LogP contribution in [0.1, 0.15) is 26.7 Å². The Morgan fingerprint density at radius 1 is 1.38 bits per heavy atom. The SMILES string of the molecule is CCCNC(C)(CCOc1ccc(F)cc1F)C(=O)OC. The van der Waals surface area contributed by atoms with Gasteiger partial charge in [-0.15, -0.1) is 0 Å². The van der Waals surface area contributed by atoms with Gasteiger partial charge in [0.2, 0.25) is 0 Å². The third-order valence-electron chi connectivity index (χ3n) is 3.15. The molecular formula is C15H21F2NO3. The maximum absolute atomic E-state index is 13.4. The molecule has 0 saturated carbocycles. The van der Waals surface area contributed by atoms with Gasteiger partial charge in [0.1, 0.15) is 11.4 Å². The van der Waals surface area contributed by atoms with Crippen LogP contribution in [-0.2, 0) is 9.53 Å². The van der Waals surface area contributed by atoms with Gasteiger partial charge in [0.15, 0.2) is 11.6 Å². The van der Waals surface area contributed by atoms with Gasteiger partial charge >= 0.3 is 5.97 Å². The van der Waals surface area contributed by atoms with E-state index in [1.165, 1.54) is 13.2 Å². The summed E-state index contributed by atoms with van der Waals surface area (Å²) in [5.41, 5.74) is -0.902. The average Bonchev–Trinajstić information content (AvgIpc) is 2.46. The maximum atomic E-state index is 13.4. The van der Waals surface area contributed by atoms with Crippen molar-refractivity contribution in [1.29, 1.82) is 0 Å². The predicted molar refractivity (Wildman–Crippen MR) is 75.2 cm³/mol. The lowest BCUT2D eigenvalue weighted by Crippen LogP contribution is -2.51. The number of carbonyl (C=O) groups excluding carboxylic acids is 1.